The molecule has 0 aliphatic heterocycles. The highest BCUT2D eigenvalue weighted by Gasteiger charge is 2.17. The number of ether oxygens (including phenoxy) is 1. The van der Waals surface area contributed by atoms with Gasteiger partial charge < -0.3 is 19.2 Å². The third-order valence-electron chi connectivity index (χ3n) is 3.82. The molecule has 6 heteroatoms. The standard InChI is InChI=1S/C18H21NO5/c1-12-15(18(21)22)10-14(24-12)11-19(2)17(20)9-8-13-6-4-5-7-16(13)23-3/h4-7,10H,8-9,11H2,1-3H3,(H,21,22). The first-order chi connectivity index (χ1) is 11.4. The van der Waals surface area contributed by atoms with Crippen molar-refractivity contribution >= 4 is 11.9 Å². The Hall–Kier alpha value is -2.76. The number of hydrogen-bond acceptors (Lipinski definition) is 4. The minimum absolute atomic E-state index is 0.0492. The fourth-order valence-electron chi connectivity index (χ4n) is 2.50. The maximum atomic E-state index is 12.3. The van der Waals surface area contributed by atoms with Gasteiger partial charge in [-0.15, -0.1) is 0 Å². The number of amides is 1. The van der Waals surface area contributed by atoms with Gasteiger partial charge in [0.2, 0.25) is 5.91 Å². The van der Waals surface area contributed by atoms with Gasteiger partial charge in [-0.1, -0.05) is 18.2 Å². The number of nitrogens with zero attached hydrogens (tertiary/aromatic N) is 1. The fraction of sp³-hybridized carbons (Fsp3) is 0.333. The molecule has 2 aromatic rings. The van der Waals surface area contributed by atoms with Gasteiger partial charge in [-0.25, -0.2) is 4.79 Å². The van der Waals surface area contributed by atoms with Crippen LogP contribution in [-0.2, 0) is 17.8 Å². The number of hydrogen-bond donors (Lipinski definition) is 1. The SMILES string of the molecule is COc1ccccc1CCC(=O)N(C)Cc1cc(C(=O)O)c(C)o1. The number of carboxylic acid groups (broad SMARTS) is 1. The summed E-state index contributed by atoms with van der Waals surface area (Å²) in [6.07, 6.45) is 0.910. The Morgan fingerprint density at radius 1 is 1.29 bits per heavy atom. The van der Waals surface area contributed by atoms with Crippen LogP contribution >= 0.6 is 0 Å². The second-order valence-corrected chi connectivity index (χ2v) is 5.55. The highest BCUT2D eigenvalue weighted by molar-refractivity contribution is 5.88. The van der Waals surface area contributed by atoms with Crippen molar-refractivity contribution in [2.24, 2.45) is 0 Å². The van der Waals surface area contributed by atoms with Crippen molar-refractivity contribution in [1.29, 1.82) is 0 Å². The molecule has 1 aromatic heterocycles. The van der Waals surface area contributed by atoms with Crippen molar-refractivity contribution in [3.63, 3.8) is 0 Å². The number of carboxylic acids is 1. The fourth-order valence-corrected chi connectivity index (χ4v) is 2.50. The molecule has 0 unspecified atom stereocenters. The van der Waals surface area contributed by atoms with Gasteiger partial charge in [0.05, 0.1) is 13.7 Å². The van der Waals surface area contributed by atoms with E-state index in [0.717, 1.165) is 11.3 Å². The van der Waals surface area contributed by atoms with Crippen molar-refractivity contribution in [3.8, 4) is 5.75 Å². The lowest BCUT2D eigenvalue weighted by Gasteiger charge is -2.16. The van der Waals surface area contributed by atoms with Gasteiger partial charge in [0.15, 0.2) is 0 Å². The van der Waals surface area contributed by atoms with Gasteiger partial charge in [0.1, 0.15) is 22.8 Å². The molecule has 0 aliphatic rings. The predicted molar refractivity (Wildman–Crippen MR) is 88.2 cm³/mol. The molecule has 0 atom stereocenters. The van der Waals surface area contributed by atoms with E-state index in [1.165, 1.54) is 11.0 Å². The Morgan fingerprint density at radius 3 is 2.62 bits per heavy atom. The van der Waals surface area contributed by atoms with E-state index in [2.05, 4.69) is 0 Å². The van der Waals surface area contributed by atoms with Crippen LogP contribution in [0.25, 0.3) is 0 Å². The molecule has 1 aromatic carbocycles. The number of benzene rings is 1. The number of aromatic carboxylic acids is 1. The Kier molecular flexibility index (Phi) is 5.63. The normalized spacial score (nSPS) is 10.5. The van der Waals surface area contributed by atoms with E-state index in [0.29, 0.717) is 24.4 Å². The molecule has 6 nitrogen and oxygen atoms in total. The summed E-state index contributed by atoms with van der Waals surface area (Å²) < 4.78 is 10.7. The number of carbonyl (C=O) groups excluding carboxylic acids is 1. The number of carbonyl (C=O) groups is 2. The Morgan fingerprint density at radius 2 is 2.00 bits per heavy atom. The second-order valence-electron chi connectivity index (χ2n) is 5.55. The smallest absolute Gasteiger partial charge is 0.339 e. The van der Waals surface area contributed by atoms with Crippen LogP contribution in [-0.4, -0.2) is 36.0 Å². The van der Waals surface area contributed by atoms with Crippen LogP contribution in [0.2, 0.25) is 0 Å². The van der Waals surface area contributed by atoms with E-state index < -0.39 is 5.97 Å². The maximum Gasteiger partial charge on any atom is 0.339 e. The first-order valence-electron chi connectivity index (χ1n) is 7.60. The summed E-state index contributed by atoms with van der Waals surface area (Å²) in [5.74, 6) is 0.477. The van der Waals surface area contributed by atoms with Crippen LogP contribution in [0.3, 0.4) is 0 Å². The molecular weight excluding hydrogens is 310 g/mol. The quantitative estimate of drug-likeness (QED) is 0.844. The predicted octanol–water partition coefficient (Wildman–Crippen LogP) is 2.89. The van der Waals surface area contributed by atoms with E-state index in [1.54, 1.807) is 21.1 Å². The van der Waals surface area contributed by atoms with Crippen LogP contribution in [0.15, 0.2) is 34.7 Å². The average Bonchev–Trinajstić information content (AvgIpc) is 2.93. The van der Waals surface area contributed by atoms with Crippen molar-refractivity contribution in [2.75, 3.05) is 14.2 Å². The highest BCUT2D eigenvalue weighted by atomic mass is 16.5. The van der Waals surface area contributed by atoms with Gasteiger partial charge in [-0.2, -0.15) is 0 Å². The van der Waals surface area contributed by atoms with Crippen molar-refractivity contribution in [3.05, 3.63) is 53.0 Å². The van der Waals surface area contributed by atoms with Crippen molar-refractivity contribution < 1.29 is 23.8 Å². The van der Waals surface area contributed by atoms with E-state index in [4.69, 9.17) is 14.3 Å². The summed E-state index contributed by atoms with van der Waals surface area (Å²) in [5.41, 5.74) is 1.10. The minimum Gasteiger partial charge on any atom is -0.496 e. The molecule has 1 N–H and O–H groups in total. The van der Waals surface area contributed by atoms with Gasteiger partial charge in [0.25, 0.3) is 0 Å². The van der Waals surface area contributed by atoms with Crippen molar-refractivity contribution in [2.45, 2.75) is 26.3 Å². The monoisotopic (exact) mass is 331 g/mol. The molecule has 0 saturated heterocycles. The van der Waals surface area contributed by atoms with Crippen molar-refractivity contribution in [1.82, 2.24) is 4.90 Å². The molecule has 0 spiro atoms. The van der Waals surface area contributed by atoms with Crippen LogP contribution in [0, 0.1) is 6.92 Å². The number of rotatable bonds is 7. The van der Waals surface area contributed by atoms with Gasteiger partial charge >= 0.3 is 5.97 Å². The molecular formula is C18H21NO5. The van der Waals surface area contributed by atoms with Crippen LogP contribution in [0.4, 0.5) is 0 Å². The van der Waals surface area contributed by atoms with Gasteiger partial charge in [-0.05, 0) is 31.0 Å². The zero-order valence-corrected chi connectivity index (χ0v) is 14.0. The highest BCUT2D eigenvalue weighted by Crippen LogP contribution is 2.20. The van der Waals surface area contributed by atoms with Gasteiger partial charge in [0, 0.05) is 13.5 Å². The largest absolute Gasteiger partial charge is 0.496 e. The van der Waals surface area contributed by atoms with E-state index in [1.807, 2.05) is 24.3 Å². The number of aryl methyl sites for hydroxylation is 2. The molecule has 0 saturated carbocycles. The maximum absolute atomic E-state index is 12.3. The first kappa shape index (κ1) is 17.6. The Balaban J connectivity index is 1.95. The molecule has 0 aliphatic carbocycles. The van der Waals surface area contributed by atoms with Crippen LogP contribution < -0.4 is 4.74 Å². The molecule has 1 heterocycles. The Labute approximate surface area is 140 Å². The lowest BCUT2D eigenvalue weighted by molar-refractivity contribution is -0.130. The summed E-state index contributed by atoms with van der Waals surface area (Å²) in [6, 6.07) is 9.05. The molecule has 128 valence electrons. The molecule has 24 heavy (non-hydrogen) atoms. The summed E-state index contributed by atoms with van der Waals surface area (Å²) >= 11 is 0. The topological polar surface area (TPSA) is 80.0 Å². The molecule has 2 rings (SSSR count). The first-order valence-corrected chi connectivity index (χ1v) is 7.60. The number of furan rings is 1. The van der Waals surface area contributed by atoms with Crippen LogP contribution in [0.5, 0.6) is 5.75 Å². The van der Waals surface area contributed by atoms with E-state index in [9.17, 15) is 9.59 Å². The summed E-state index contributed by atoms with van der Waals surface area (Å²) in [6.45, 7) is 1.83. The second kappa shape index (κ2) is 7.68. The third-order valence-corrected chi connectivity index (χ3v) is 3.82. The summed E-state index contributed by atoms with van der Waals surface area (Å²) in [4.78, 5) is 24.8. The zero-order chi connectivity index (χ0) is 17.7. The number of para-hydroxylation sites is 1. The molecule has 0 bridgehead atoms. The minimum atomic E-state index is -1.03. The molecule has 0 fully saturated rings. The summed E-state index contributed by atoms with van der Waals surface area (Å²) in [5, 5.41) is 9.03. The zero-order valence-electron chi connectivity index (χ0n) is 14.0. The summed E-state index contributed by atoms with van der Waals surface area (Å²) in [7, 11) is 3.27. The average molecular weight is 331 g/mol. The number of methoxy groups -OCH3 is 1. The van der Waals surface area contributed by atoms with E-state index in [-0.39, 0.29) is 18.0 Å². The Bertz CT molecular complexity index is 735. The van der Waals surface area contributed by atoms with Gasteiger partial charge in [-0.3, -0.25) is 4.79 Å². The molecule has 0 radical (unpaired) electrons. The lowest BCUT2D eigenvalue weighted by Crippen LogP contribution is -2.26. The van der Waals surface area contributed by atoms with Crippen LogP contribution in [0.1, 0.15) is 33.9 Å². The lowest BCUT2D eigenvalue weighted by atomic mass is 10.1. The molecule has 1 amide bonds. The third kappa shape index (κ3) is 4.16. The van der Waals surface area contributed by atoms with E-state index >= 15 is 0 Å².